The van der Waals surface area contributed by atoms with Gasteiger partial charge >= 0.3 is 5.97 Å². The van der Waals surface area contributed by atoms with Crippen LogP contribution in [-0.2, 0) is 4.79 Å². The summed E-state index contributed by atoms with van der Waals surface area (Å²) >= 11 is 5.79. The summed E-state index contributed by atoms with van der Waals surface area (Å²) in [6.07, 6.45) is 0.815. The van der Waals surface area contributed by atoms with Crippen LogP contribution in [0.2, 0.25) is 5.02 Å². The molecule has 0 aliphatic rings. The third-order valence-electron chi connectivity index (χ3n) is 2.73. The van der Waals surface area contributed by atoms with E-state index in [1.807, 2.05) is 19.1 Å². The van der Waals surface area contributed by atoms with Gasteiger partial charge in [-0.25, -0.2) is 0 Å². The van der Waals surface area contributed by atoms with Gasteiger partial charge in [0.1, 0.15) is 0 Å². The molecule has 0 spiro atoms. The van der Waals surface area contributed by atoms with Crippen LogP contribution in [0.4, 0.5) is 0 Å². The van der Waals surface area contributed by atoms with Crippen LogP contribution in [0, 0.1) is 5.92 Å². The minimum Gasteiger partial charge on any atom is -0.481 e. The van der Waals surface area contributed by atoms with Crippen molar-refractivity contribution in [3.05, 3.63) is 34.9 Å². The first-order valence-electron chi connectivity index (χ1n) is 5.04. The molecule has 0 bridgehead atoms. The van der Waals surface area contributed by atoms with E-state index in [1.165, 1.54) is 0 Å². The Bertz CT molecular complexity index is 332. The van der Waals surface area contributed by atoms with Gasteiger partial charge in [0.2, 0.25) is 0 Å². The number of aliphatic carboxylic acids is 1. The van der Waals surface area contributed by atoms with E-state index in [-0.39, 0.29) is 11.8 Å². The number of rotatable bonds is 4. The third kappa shape index (κ3) is 2.96. The molecule has 0 saturated carbocycles. The average molecular weight is 227 g/mol. The van der Waals surface area contributed by atoms with Crippen molar-refractivity contribution in [2.45, 2.75) is 26.2 Å². The summed E-state index contributed by atoms with van der Waals surface area (Å²) in [6, 6.07) is 7.40. The number of carbonyl (C=O) groups is 1. The number of carboxylic acid groups (broad SMARTS) is 1. The fourth-order valence-corrected chi connectivity index (χ4v) is 1.89. The number of hydrogen-bond donors (Lipinski definition) is 1. The number of benzene rings is 1. The lowest BCUT2D eigenvalue weighted by atomic mass is 9.85. The second kappa shape index (κ2) is 5.17. The van der Waals surface area contributed by atoms with Crippen molar-refractivity contribution < 1.29 is 9.90 Å². The zero-order valence-corrected chi connectivity index (χ0v) is 9.66. The second-order valence-corrected chi connectivity index (χ2v) is 4.13. The molecule has 0 aliphatic carbocycles. The molecule has 15 heavy (non-hydrogen) atoms. The molecule has 1 rings (SSSR count). The molecule has 2 atom stereocenters. The zero-order valence-electron chi connectivity index (χ0n) is 8.90. The first-order valence-corrected chi connectivity index (χ1v) is 5.42. The quantitative estimate of drug-likeness (QED) is 0.853. The summed E-state index contributed by atoms with van der Waals surface area (Å²) in [5.74, 6) is -1.06. The Hall–Kier alpha value is -1.02. The van der Waals surface area contributed by atoms with Crippen molar-refractivity contribution >= 4 is 17.6 Å². The number of hydrogen-bond acceptors (Lipinski definition) is 1. The summed E-state index contributed by atoms with van der Waals surface area (Å²) in [5, 5.41) is 9.65. The van der Waals surface area contributed by atoms with Crippen molar-refractivity contribution in [1.29, 1.82) is 0 Å². The zero-order chi connectivity index (χ0) is 11.4. The molecule has 3 heteroatoms. The van der Waals surface area contributed by atoms with Crippen LogP contribution in [-0.4, -0.2) is 11.1 Å². The van der Waals surface area contributed by atoms with Gasteiger partial charge in [-0.2, -0.15) is 0 Å². The highest BCUT2D eigenvalue weighted by molar-refractivity contribution is 6.30. The maximum atomic E-state index is 10.9. The Labute approximate surface area is 94.9 Å². The summed E-state index contributed by atoms with van der Waals surface area (Å²) in [6.45, 7) is 3.74. The van der Waals surface area contributed by atoms with Crippen LogP contribution in [0.3, 0.4) is 0 Å². The molecule has 2 nitrogen and oxygen atoms in total. The lowest BCUT2D eigenvalue weighted by Crippen LogP contribution is -2.18. The fraction of sp³-hybridized carbons (Fsp3) is 0.417. The molecule has 1 aromatic carbocycles. The lowest BCUT2D eigenvalue weighted by Gasteiger charge is -2.19. The van der Waals surface area contributed by atoms with E-state index in [0.29, 0.717) is 5.02 Å². The van der Waals surface area contributed by atoms with E-state index in [1.54, 1.807) is 19.1 Å². The van der Waals surface area contributed by atoms with E-state index < -0.39 is 5.97 Å². The minimum atomic E-state index is -0.753. The van der Waals surface area contributed by atoms with Crippen molar-refractivity contribution in [3.8, 4) is 0 Å². The molecule has 0 aromatic heterocycles. The predicted octanol–water partition coefficient (Wildman–Crippen LogP) is 3.55. The molecular weight excluding hydrogens is 212 g/mol. The molecule has 0 amide bonds. The molecule has 2 unspecified atom stereocenters. The molecule has 0 heterocycles. The number of carboxylic acids is 1. The topological polar surface area (TPSA) is 37.3 Å². The molecule has 1 aromatic rings. The average Bonchev–Trinajstić information content (AvgIpc) is 2.21. The van der Waals surface area contributed by atoms with Gasteiger partial charge in [-0.05, 0) is 30.0 Å². The first-order chi connectivity index (χ1) is 7.06. The predicted molar refractivity (Wildman–Crippen MR) is 61.3 cm³/mol. The molecule has 0 radical (unpaired) electrons. The van der Waals surface area contributed by atoms with E-state index in [0.717, 1.165) is 12.0 Å². The third-order valence-corrected chi connectivity index (χ3v) is 2.98. The van der Waals surface area contributed by atoms with E-state index in [4.69, 9.17) is 16.7 Å². The second-order valence-electron chi connectivity index (χ2n) is 3.69. The van der Waals surface area contributed by atoms with Gasteiger partial charge in [0.05, 0.1) is 5.92 Å². The van der Waals surface area contributed by atoms with Gasteiger partial charge in [0.25, 0.3) is 0 Å². The van der Waals surface area contributed by atoms with Crippen molar-refractivity contribution in [2.75, 3.05) is 0 Å². The van der Waals surface area contributed by atoms with Crippen molar-refractivity contribution in [2.24, 2.45) is 5.92 Å². The highest BCUT2D eigenvalue weighted by Crippen LogP contribution is 2.28. The Kier molecular flexibility index (Phi) is 4.15. The summed E-state index contributed by atoms with van der Waals surface area (Å²) in [5.41, 5.74) is 1.04. The Morgan fingerprint density at radius 3 is 2.33 bits per heavy atom. The molecule has 0 saturated heterocycles. The van der Waals surface area contributed by atoms with Crippen LogP contribution >= 0.6 is 11.6 Å². The fourth-order valence-electron chi connectivity index (χ4n) is 1.76. The highest BCUT2D eigenvalue weighted by atomic mass is 35.5. The Morgan fingerprint density at radius 2 is 1.93 bits per heavy atom. The largest absolute Gasteiger partial charge is 0.481 e. The maximum absolute atomic E-state index is 10.9. The molecule has 1 N–H and O–H groups in total. The lowest BCUT2D eigenvalue weighted by molar-refractivity contribution is -0.141. The van der Waals surface area contributed by atoms with E-state index >= 15 is 0 Å². The van der Waals surface area contributed by atoms with Crippen LogP contribution in [0.15, 0.2) is 24.3 Å². The van der Waals surface area contributed by atoms with Gasteiger partial charge < -0.3 is 5.11 Å². The summed E-state index contributed by atoms with van der Waals surface area (Å²) in [7, 11) is 0. The molecule has 0 aliphatic heterocycles. The van der Waals surface area contributed by atoms with Gasteiger partial charge in [-0.1, -0.05) is 37.6 Å². The minimum absolute atomic E-state index is 0.0553. The maximum Gasteiger partial charge on any atom is 0.306 e. The monoisotopic (exact) mass is 226 g/mol. The van der Waals surface area contributed by atoms with Crippen LogP contribution < -0.4 is 0 Å². The van der Waals surface area contributed by atoms with Crippen LogP contribution in [0.5, 0.6) is 0 Å². The number of halogens is 1. The van der Waals surface area contributed by atoms with Gasteiger partial charge in [-0.15, -0.1) is 0 Å². The normalized spacial score (nSPS) is 14.6. The Morgan fingerprint density at radius 1 is 1.40 bits per heavy atom. The van der Waals surface area contributed by atoms with Crippen molar-refractivity contribution in [1.82, 2.24) is 0 Å². The van der Waals surface area contributed by atoms with Gasteiger partial charge in [-0.3, -0.25) is 4.79 Å². The van der Waals surface area contributed by atoms with Crippen molar-refractivity contribution in [3.63, 3.8) is 0 Å². The Balaban J connectivity index is 2.92. The van der Waals surface area contributed by atoms with Gasteiger partial charge in [0.15, 0.2) is 0 Å². The molecular formula is C12H15ClO2. The highest BCUT2D eigenvalue weighted by Gasteiger charge is 2.23. The molecule has 82 valence electrons. The first kappa shape index (κ1) is 12.1. The molecule has 0 fully saturated rings. The summed E-state index contributed by atoms with van der Waals surface area (Å²) in [4.78, 5) is 10.9. The smallest absolute Gasteiger partial charge is 0.306 e. The van der Waals surface area contributed by atoms with Gasteiger partial charge in [0, 0.05) is 5.02 Å². The van der Waals surface area contributed by atoms with Crippen LogP contribution in [0.1, 0.15) is 31.7 Å². The SMILES string of the molecule is CCC(c1ccc(Cl)cc1)C(C)C(=O)O. The standard InChI is InChI=1S/C12H15ClO2/c1-3-11(8(2)12(14)15)9-4-6-10(13)7-5-9/h4-8,11H,3H2,1-2H3,(H,14,15). The summed E-state index contributed by atoms with van der Waals surface area (Å²) < 4.78 is 0. The van der Waals surface area contributed by atoms with E-state index in [2.05, 4.69) is 0 Å². The van der Waals surface area contributed by atoms with E-state index in [9.17, 15) is 4.79 Å². The van der Waals surface area contributed by atoms with Crippen LogP contribution in [0.25, 0.3) is 0 Å².